The minimum absolute atomic E-state index is 0.543. The zero-order valence-corrected chi connectivity index (χ0v) is 11.3. The van der Waals surface area contributed by atoms with Gasteiger partial charge in [-0.05, 0) is 38.3 Å². The summed E-state index contributed by atoms with van der Waals surface area (Å²) in [6.45, 7) is 9.48. The summed E-state index contributed by atoms with van der Waals surface area (Å²) in [6.07, 6.45) is 6.35. The molecule has 1 fully saturated rings. The highest BCUT2D eigenvalue weighted by atomic mass is 16.4. The van der Waals surface area contributed by atoms with E-state index in [1.54, 1.807) is 0 Å². The number of aliphatic carboxylic acids is 1. The maximum Gasteiger partial charge on any atom is 0.328 e. The van der Waals surface area contributed by atoms with E-state index in [1.807, 2.05) is 6.92 Å². The van der Waals surface area contributed by atoms with Crippen molar-refractivity contribution in [3.8, 4) is 0 Å². The molecular formula is C14H25NO2. The van der Waals surface area contributed by atoms with E-state index in [1.165, 1.54) is 31.8 Å². The van der Waals surface area contributed by atoms with Gasteiger partial charge in [-0.3, -0.25) is 4.90 Å². The van der Waals surface area contributed by atoms with Gasteiger partial charge in [0.05, 0.1) is 0 Å². The number of carboxylic acid groups (broad SMARTS) is 1. The monoisotopic (exact) mass is 239 g/mol. The SMILES string of the molecule is CCC1(CC)CCN(CC(C)=CC(=O)O)CC1. The molecule has 0 unspecified atom stereocenters. The minimum atomic E-state index is -0.837. The summed E-state index contributed by atoms with van der Waals surface area (Å²) in [6, 6.07) is 0. The summed E-state index contributed by atoms with van der Waals surface area (Å²) in [5.41, 5.74) is 1.49. The van der Waals surface area contributed by atoms with Crippen LogP contribution >= 0.6 is 0 Å². The molecule has 1 rings (SSSR count). The molecule has 3 nitrogen and oxygen atoms in total. The molecule has 0 aromatic carbocycles. The van der Waals surface area contributed by atoms with Gasteiger partial charge in [-0.2, -0.15) is 0 Å². The van der Waals surface area contributed by atoms with Gasteiger partial charge in [-0.1, -0.05) is 32.3 Å². The van der Waals surface area contributed by atoms with E-state index in [4.69, 9.17) is 5.11 Å². The van der Waals surface area contributed by atoms with Gasteiger partial charge in [0.15, 0.2) is 0 Å². The van der Waals surface area contributed by atoms with Crippen LogP contribution in [0.3, 0.4) is 0 Å². The van der Waals surface area contributed by atoms with Gasteiger partial charge in [0.1, 0.15) is 0 Å². The highest BCUT2D eigenvalue weighted by Gasteiger charge is 2.30. The van der Waals surface area contributed by atoms with E-state index in [9.17, 15) is 4.79 Å². The highest BCUT2D eigenvalue weighted by molar-refractivity contribution is 5.80. The standard InChI is InChI=1S/C14H25NO2/c1-4-14(5-2)6-8-15(9-7-14)11-12(3)10-13(16)17/h10H,4-9,11H2,1-3H3,(H,16,17). The molecule has 0 bridgehead atoms. The van der Waals surface area contributed by atoms with Crippen LogP contribution < -0.4 is 0 Å². The summed E-state index contributed by atoms with van der Waals surface area (Å²) in [5.74, 6) is -0.837. The van der Waals surface area contributed by atoms with E-state index >= 15 is 0 Å². The summed E-state index contributed by atoms with van der Waals surface area (Å²) in [5, 5.41) is 8.68. The largest absolute Gasteiger partial charge is 0.478 e. The van der Waals surface area contributed by atoms with Crippen molar-refractivity contribution >= 4 is 5.97 Å². The van der Waals surface area contributed by atoms with Crippen LogP contribution in [0.15, 0.2) is 11.6 Å². The van der Waals surface area contributed by atoms with Gasteiger partial charge in [0.25, 0.3) is 0 Å². The molecule has 0 aliphatic carbocycles. The summed E-state index contributed by atoms with van der Waals surface area (Å²) in [4.78, 5) is 12.9. The van der Waals surface area contributed by atoms with Crippen molar-refractivity contribution in [2.75, 3.05) is 19.6 Å². The molecule has 0 amide bonds. The van der Waals surface area contributed by atoms with Gasteiger partial charge in [-0.25, -0.2) is 4.79 Å². The van der Waals surface area contributed by atoms with Gasteiger partial charge < -0.3 is 5.11 Å². The van der Waals surface area contributed by atoms with Gasteiger partial charge >= 0.3 is 5.97 Å². The molecule has 1 aliphatic heterocycles. The van der Waals surface area contributed by atoms with Crippen molar-refractivity contribution in [3.63, 3.8) is 0 Å². The molecule has 0 spiro atoms. The van der Waals surface area contributed by atoms with Crippen LogP contribution in [-0.4, -0.2) is 35.6 Å². The quantitative estimate of drug-likeness (QED) is 0.750. The molecule has 1 heterocycles. The topological polar surface area (TPSA) is 40.5 Å². The van der Waals surface area contributed by atoms with E-state index in [0.29, 0.717) is 5.41 Å². The van der Waals surface area contributed by atoms with Crippen LogP contribution in [0.25, 0.3) is 0 Å². The average molecular weight is 239 g/mol. The fourth-order valence-corrected chi connectivity index (χ4v) is 2.75. The second kappa shape index (κ2) is 6.20. The summed E-state index contributed by atoms with van der Waals surface area (Å²) < 4.78 is 0. The Bertz CT molecular complexity index is 283. The van der Waals surface area contributed by atoms with Crippen LogP contribution in [-0.2, 0) is 4.79 Å². The lowest BCUT2D eigenvalue weighted by Gasteiger charge is -2.41. The molecule has 1 aliphatic rings. The molecule has 0 radical (unpaired) electrons. The summed E-state index contributed by atoms with van der Waals surface area (Å²) >= 11 is 0. The van der Waals surface area contributed by atoms with Gasteiger partial charge in [0, 0.05) is 12.6 Å². The molecule has 3 heteroatoms. The van der Waals surface area contributed by atoms with Crippen molar-refractivity contribution in [1.29, 1.82) is 0 Å². The predicted octanol–water partition coefficient (Wildman–Crippen LogP) is 2.92. The maximum atomic E-state index is 10.6. The number of carboxylic acids is 1. The second-order valence-electron chi connectivity index (χ2n) is 5.31. The Morgan fingerprint density at radius 3 is 2.24 bits per heavy atom. The molecule has 0 aromatic rings. The Morgan fingerprint density at radius 2 is 1.82 bits per heavy atom. The van der Waals surface area contributed by atoms with E-state index < -0.39 is 5.97 Å². The number of piperidine rings is 1. The number of hydrogen-bond donors (Lipinski definition) is 1. The van der Waals surface area contributed by atoms with Crippen LogP contribution in [0.1, 0.15) is 46.5 Å². The Hall–Kier alpha value is -0.830. The lowest BCUT2D eigenvalue weighted by molar-refractivity contribution is -0.131. The van der Waals surface area contributed by atoms with Crippen LogP contribution in [0.5, 0.6) is 0 Å². The molecule has 1 saturated heterocycles. The molecule has 0 saturated carbocycles. The number of carbonyl (C=O) groups is 1. The Morgan fingerprint density at radius 1 is 1.29 bits per heavy atom. The van der Waals surface area contributed by atoms with Crippen LogP contribution in [0, 0.1) is 5.41 Å². The third-order valence-corrected chi connectivity index (χ3v) is 4.26. The first-order valence-electron chi connectivity index (χ1n) is 6.64. The highest BCUT2D eigenvalue weighted by Crippen LogP contribution is 2.37. The normalized spacial score (nSPS) is 21.5. The number of likely N-dealkylation sites (tertiary alicyclic amines) is 1. The number of nitrogens with zero attached hydrogens (tertiary/aromatic N) is 1. The van der Waals surface area contributed by atoms with Crippen molar-refractivity contribution in [2.24, 2.45) is 5.41 Å². The second-order valence-corrected chi connectivity index (χ2v) is 5.31. The van der Waals surface area contributed by atoms with Gasteiger partial charge in [-0.15, -0.1) is 0 Å². The fraction of sp³-hybridized carbons (Fsp3) is 0.786. The zero-order chi connectivity index (χ0) is 12.9. The minimum Gasteiger partial charge on any atom is -0.478 e. The number of rotatable bonds is 5. The van der Waals surface area contributed by atoms with Crippen LogP contribution in [0.4, 0.5) is 0 Å². The predicted molar refractivity (Wildman–Crippen MR) is 70.1 cm³/mol. The Kier molecular flexibility index (Phi) is 5.19. The summed E-state index contributed by atoms with van der Waals surface area (Å²) in [7, 11) is 0. The lowest BCUT2D eigenvalue weighted by atomic mass is 9.74. The van der Waals surface area contributed by atoms with E-state index in [-0.39, 0.29) is 0 Å². The first kappa shape index (κ1) is 14.2. The first-order valence-corrected chi connectivity index (χ1v) is 6.64. The average Bonchev–Trinajstić information content (AvgIpc) is 2.29. The van der Waals surface area contributed by atoms with Crippen LogP contribution in [0.2, 0.25) is 0 Å². The first-order chi connectivity index (χ1) is 8.01. The van der Waals surface area contributed by atoms with Crippen molar-refractivity contribution < 1.29 is 9.90 Å². The Labute approximate surface area is 105 Å². The molecule has 1 N–H and O–H groups in total. The maximum absolute atomic E-state index is 10.6. The van der Waals surface area contributed by atoms with E-state index in [0.717, 1.165) is 25.2 Å². The third kappa shape index (κ3) is 4.15. The molecular weight excluding hydrogens is 214 g/mol. The lowest BCUT2D eigenvalue weighted by Crippen LogP contribution is -2.40. The third-order valence-electron chi connectivity index (χ3n) is 4.26. The van der Waals surface area contributed by atoms with Crippen molar-refractivity contribution in [2.45, 2.75) is 46.5 Å². The molecule has 98 valence electrons. The van der Waals surface area contributed by atoms with Crippen molar-refractivity contribution in [1.82, 2.24) is 4.90 Å². The fourth-order valence-electron chi connectivity index (χ4n) is 2.75. The number of hydrogen-bond acceptors (Lipinski definition) is 2. The van der Waals surface area contributed by atoms with E-state index in [2.05, 4.69) is 18.7 Å². The molecule has 0 atom stereocenters. The van der Waals surface area contributed by atoms with Crippen molar-refractivity contribution in [3.05, 3.63) is 11.6 Å². The zero-order valence-electron chi connectivity index (χ0n) is 11.3. The van der Waals surface area contributed by atoms with Gasteiger partial charge in [0.2, 0.25) is 0 Å². The molecule has 0 aromatic heterocycles. The Balaban J connectivity index is 2.45. The molecule has 17 heavy (non-hydrogen) atoms. The smallest absolute Gasteiger partial charge is 0.328 e.